The highest BCUT2D eigenvalue weighted by atomic mass is 127. The summed E-state index contributed by atoms with van der Waals surface area (Å²) < 4.78 is 18.6. The normalized spacial score (nSPS) is 10.2. The van der Waals surface area contributed by atoms with E-state index in [4.69, 9.17) is 4.74 Å². The molecule has 0 bridgehead atoms. The van der Waals surface area contributed by atoms with Gasteiger partial charge in [-0.15, -0.1) is 0 Å². The van der Waals surface area contributed by atoms with Crippen LogP contribution in [0.1, 0.15) is 10.4 Å². The van der Waals surface area contributed by atoms with Gasteiger partial charge in [0.05, 0.1) is 18.4 Å². The monoisotopic (exact) mass is 387 g/mol. The summed E-state index contributed by atoms with van der Waals surface area (Å²) in [5.74, 6) is -0.565. The molecular weight excluding hydrogens is 376 g/mol. The van der Waals surface area contributed by atoms with Gasteiger partial charge in [-0.3, -0.25) is 4.79 Å². The van der Waals surface area contributed by atoms with Crippen molar-refractivity contribution in [1.82, 2.24) is 0 Å². The standard InChI is InChI=1S/C14H11FINO3/c1-20-9-3-5-13(18)10(7-9)14(19)17-12-4-2-8(15)6-11(12)16/h2-7,18H,1H3,(H,17,19). The van der Waals surface area contributed by atoms with E-state index in [1.807, 2.05) is 22.6 Å². The Morgan fingerprint density at radius 3 is 2.70 bits per heavy atom. The molecular formula is C14H11FINO3. The van der Waals surface area contributed by atoms with Gasteiger partial charge in [0, 0.05) is 3.57 Å². The lowest BCUT2D eigenvalue weighted by Crippen LogP contribution is -2.13. The van der Waals surface area contributed by atoms with E-state index >= 15 is 0 Å². The number of hydrogen-bond donors (Lipinski definition) is 2. The van der Waals surface area contributed by atoms with Crippen LogP contribution in [0.15, 0.2) is 36.4 Å². The highest BCUT2D eigenvalue weighted by Gasteiger charge is 2.14. The van der Waals surface area contributed by atoms with E-state index in [2.05, 4.69) is 5.32 Å². The lowest BCUT2D eigenvalue weighted by Gasteiger charge is -2.10. The number of halogens is 2. The first kappa shape index (κ1) is 14.6. The van der Waals surface area contributed by atoms with E-state index in [0.29, 0.717) is 15.0 Å². The van der Waals surface area contributed by atoms with Crippen molar-refractivity contribution in [3.63, 3.8) is 0 Å². The number of phenolic OH excluding ortho intramolecular Hbond substituents is 1. The Hall–Kier alpha value is -1.83. The van der Waals surface area contributed by atoms with Crippen molar-refractivity contribution < 1.29 is 19.0 Å². The Balaban J connectivity index is 2.28. The molecule has 2 aromatic rings. The van der Waals surface area contributed by atoms with Crippen LogP contribution >= 0.6 is 22.6 Å². The Bertz CT molecular complexity index is 661. The minimum Gasteiger partial charge on any atom is -0.507 e. The zero-order valence-corrected chi connectivity index (χ0v) is 12.6. The number of anilines is 1. The topological polar surface area (TPSA) is 58.6 Å². The predicted octanol–water partition coefficient (Wildman–Crippen LogP) is 3.40. The van der Waals surface area contributed by atoms with Crippen LogP contribution in [0, 0.1) is 9.39 Å². The summed E-state index contributed by atoms with van der Waals surface area (Å²) in [6, 6.07) is 8.38. The SMILES string of the molecule is COc1ccc(O)c(C(=O)Nc2ccc(F)cc2I)c1. The number of methoxy groups -OCH3 is 1. The lowest BCUT2D eigenvalue weighted by molar-refractivity contribution is 0.102. The molecule has 4 nitrogen and oxygen atoms in total. The van der Waals surface area contributed by atoms with Crippen molar-refractivity contribution in [3.8, 4) is 11.5 Å². The number of phenols is 1. The van der Waals surface area contributed by atoms with Crippen molar-refractivity contribution in [1.29, 1.82) is 0 Å². The second kappa shape index (κ2) is 6.08. The molecule has 0 aromatic heterocycles. The minimum absolute atomic E-state index is 0.0875. The van der Waals surface area contributed by atoms with Crippen molar-refractivity contribution in [2.24, 2.45) is 0 Å². The molecule has 2 aromatic carbocycles. The van der Waals surface area contributed by atoms with Gasteiger partial charge in [0.25, 0.3) is 5.91 Å². The minimum atomic E-state index is -0.495. The highest BCUT2D eigenvalue weighted by molar-refractivity contribution is 14.1. The van der Waals surface area contributed by atoms with E-state index in [1.54, 1.807) is 6.07 Å². The summed E-state index contributed by atoms with van der Waals surface area (Å²) >= 11 is 1.92. The van der Waals surface area contributed by atoms with Crippen molar-refractivity contribution in [2.75, 3.05) is 12.4 Å². The molecule has 2 rings (SSSR count). The molecule has 2 N–H and O–H groups in total. The number of hydrogen-bond acceptors (Lipinski definition) is 3. The molecule has 20 heavy (non-hydrogen) atoms. The molecule has 104 valence electrons. The molecule has 6 heteroatoms. The summed E-state index contributed by atoms with van der Waals surface area (Å²) in [7, 11) is 1.47. The van der Waals surface area contributed by atoms with Gasteiger partial charge in [0.1, 0.15) is 17.3 Å². The molecule has 0 heterocycles. The first-order valence-corrected chi connectivity index (χ1v) is 6.72. The van der Waals surface area contributed by atoms with E-state index in [-0.39, 0.29) is 17.1 Å². The maximum absolute atomic E-state index is 13.0. The van der Waals surface area contributed by atoms with Gasteiger partial charge in [0.2, 0.25) is 0 Å². The maximum Gasteiger partial charge on any atom is 0.259 e. The molecule has 0 aliphatic carbocycles. The second-order valence-corrected chi connectivity index (χ2v) is 5.12. The van der Waals surface area contributed by atoms with Crippen LogP contribution in [0.25, 0.3) is 0 Å². The molecule has 0 fully saturated rings. The van der Waals surface area contributed by atoms with Gasteiger partial charge in [-0.2, -0.15) is 0 Å². The van der Waals surface area contributed by atoms with Crippen molar-refractivity contribution >= 4 is 34.2 Å². The zero-order chi connectivity index (χ0) is 14.7. The van der Waals surface area contributed by atoms with Crippen molar-refractivity contribution in [2.45, 2.75) is 0 Å². The van der Waals surface area contributed by atoms with E-state index in [0.717, 1.165) is 0 Å². The van der Waals surface area contributed by atoms with Gasteiger partial charge in [-0.05, 0) is 59.0 Å². The third-order valence-corrected chi connectivity index (χ3v) is 3.52. The maximum atomic E-state index is 13.0. The van der Waals surface area contributed by atoms with Gasteiger partial charge < -0.3 is 15.2 Å². The van der Waals surface area contributed by atoms with Crippen LogP contribution in [0.4, 0.5) is 10.1 Å². The first-order chi connectivity index (χ1) is 9.51. The predicted molar refractivity (Wildman–Crippen MR) is 81.7 cm³/mol. The molecule has 0 unspecified atom stereocenters. The van der Waals surface area contributed by atoms with Gasteiger partial charge in [0.15, 0.2) is 0 Å². The quantitative estimate of drug-likeness (QED) is 0.794. The Kier molecular flexibility index (Phi) is 4.43. The number of aromatic hydroxyl groups is 1. The molecule has 1 amide bonds. The fraction of sp³-hybridized carbons (Fsp3) is 0.0714. The molecule has 0 atom stereocenters. The molecule has 0 spiro atoms. The zero-order valence-electron chi connectivity index (χ0n) is 10.5. The fourth-order valence-electron chi connectivity index (χ4n) is 1.60. The van der Waals surface area contributed by atoms with E-state index < -0.39 is 5.91 Å². The molecule has 0 saturated heterocycles. The number of amides is 1. The Morgan fingerprint density at radius 2 is 2.05 bits per heavy atom. The third kappa shape index (κ3) is 3.19. The van der Waals surface area contributed by atoms with Crippen LogP contribution in [0.2, 0.25) is 0 Å². The van der Waals surface area contributed by atoms with E-state index in [9.17, 15) is 14.3 Å². The number of carbonyl (C=O) groups excluding carboxylic acids is 1. The summed E-state index contributed by atoms with van der Waals surface area (Å²) in [6.45, 7) is 0. The Morgan fingerprint density at radius 1 is 1.30 bits per heavy atom. The number of benzene rings is 2. The molecule has 0 aliphatic heterocycles. The Labute approximate surface area is 128 Å². The lowest BCUT2D eigenvalue weighted by atomic mass is 10.1. The average molecular weight is 387 g/mol. The van der Waals surface area contributed by atoms with Gasteiger partial charge >= 0.3 is 0 Å². The summed E-state index contributed by atoms with van der Waals surface area (Å²) in [4.78, 5) is 12.1. The summed E-state index contributed by atoms with van der Waals surface area (Å²) in [5, 5.41) is 12.3. The first-order valence-electron chi connectivity index (χ1n) is 5.64. The van der Waals surface area contributed by atoms with Crippen LogP contribution in [0.5, 0.6) is 11.5 Å². The average Bonchev–Trinajstić information content (AvgIpc) is 2.42. The highest BCUT2D eigenvalue weighted by Crippen LogP contribution is 2.25. The number of nitrogens with one attached hydrogen (secondary N) is 1. The molecule has 0 saturated carbocycles. The second-order valence-electron chi connectivity index (χ2n) is 3.96. The van der Waals surface area contributed by atoms with Gasteiger partial charge in [-0.1, -0.05) is 0 Å². The van der Waals surface area contributed by atoms with E-state index in [1.165, 1.54) is 37.4 Å². The van der Waals surface area contributed by atoms with Crippen LogP contribution < -0.4 is 10.1 Å². The largest absolute Gasteiger partial charge is 0.507 e. The van der Waals surface area contributed by atoms with Gasteiger partial charge in [-0.25, -0.2) is 4.39 Å². The number of rotatable bonds is 3. The molecule has 0 radical (unpaired) electrons. The van der Waals surface area contributed by atoms with Crippen LogP contribution in [-0.4, -0.2) is 18.1 Å². The summed E-state index contributed by atoms with van der Waals surface area (Å²) in [5.41, 5.74) is 0.559. The number of carbonyl (C=O) groups is 1. The number of ether oxygens (including phenoxy) is 1. The van der Waals surface area contributed by atoms with Crippen LogP contribution in [0.3, 0.4) is 0 Å². The fourth-order valence-corrected chi connectivity index (χ4v) is 2.22. The smallest absolute Gasteiger partial charge is 0.259 e. The third-order valence-electron chi connectivity index (χ3n) is 2.63. The molecule has 0 aliphatic rings. The van der Waals surface area contributed by atoms with Crippen LogP contribution in [-0.2, 0) is 0 Å². The summed E-state index contributed by atoms with van der Waals surface area (Å²) in [6.07, 6.45) is 0. The van der Waals surface area contributed by atoms with Crippen molar-refractivity contribution in [3.05, 3.63) is 51.3 Å².